The molecule has 0 aliphatic carbocycles. The van der Waals surface area contributed by atoms with Gasteiger partial charge in [0, 0.05) is 22.8 Å². The summed E-state index contributed by atoms with van der Waals surface area (Å²) in [6.07, 6.45) is -6.81. The topological polar surface area (TPSA) is 98.0 Å². The summed E-state index contributed by atoms with van der Waals surface area (Å²) in [7, 11) is 0. The highest BCUT2D eigenvalue weighted by Gasteiger charge is 2.26. The number of nitrogens with zero attached hydrogens (tertiary/aromatic N) is 1. The number of fused-ring (bicyclic) bond motifs is 1. The summed E-state index contributed by atoms with van der Waals surface area (Å²) >= 11 is 11.9. The van der Waals surface area contributed by atoms with Gasteiger partial charge in [-0.15, -0.1) is 0 Å². The first-order chi connectivity index (χ1) is 17.5. The number of hydrogen-bond acceptors (Lipinski definition) is 4. The van der Waals surface area contributed by atoms with E-state index in [0.717, 1.165) is 0 Å². The molecule has 0 bridgehead atoms. The van der Waals surface area contributed by atoms with Crippen LogP contribution in [0, 0.1) is 0 Å². The van der Waals surface area contributed by atoms with Crippen LogP contribution in [0.1, 0.15) is 16.1 Å². The van der Waals surface area contributed by atoms with Crippen molar-refractivity contribution in [3.63, 3.8) is 0 Å². The number of aromatic carboxylic acids is 1. The maximum absolute atomic E-state index is 13.2. The molecule has 0 amide bonds. The van der Waals surface area contributed by atoms with Gasteiger partial charge in [-0.2, -0.15) is 4.39 Å². The maximum Gasteiger partial charge on any atom is 0.338 e. The van der Waals surface area contributed by atoms with Crippen molar-refractivity contribution in [2.24, 2.45) is 0 Å². The number of alkyl halides is 3. The van der Waals surface area contributed by atoms with E-state index < -0.39 is 31.1 Å². The van der Waals surface area contributed by atoms with E-state index in [0.29, 0.717) is 22.0 Å². The van der Waals surface area contributed by atoms with Crippen molar-refractivity contribution in [3.05, 3.63) is 82.0 Å². The number of ether oxygens (including phenoxy) is 2. The Labute approximate surface area is 217 Å². The third kappa shape index (κ3) is 5.60. The van der Waals surface area contributed by atoms with Gasteiger partial charge in [-0.3, -0.25) is 4.79 Å². The number of halogens is 5. The van der Waals surface area contributed by atoms with Gasteiger partial charge < -0.3 is 24.3 Å². The largest absolute Gasteiger partial charge is 0.481 e. The molecule has 0 aliphatic heterocycles. The summed E-state index contributed by atoms with van der Waals surface area (Å²) in [5.74, 6) is -2.26. The van der Waals surface area contributed by atoms with Crippen LogP contribution < -0.4 is 9.47 Å². The van der Waals surface area contributed by atoms with E-state index in [1.807, 2.05) is 0 Å². The molecule has 0 saturated heterocycles. The van der Waals surface area contributed by atoms with E-state index >= 15 is 0 Å². The van der Waals surface area contributed by atoms with E-state index in [9.17, 15) is 33.0 Å². The molecule has 1 unspecified atom stereocenters. The van der Waals surface area contributed by atoms with Crippen molar-refractivity contribution in [2.45, 2.75) is 19.2 Å². The highest BCUT2D eigenvalue weighted by molar-refractivity contribution is 6.42. The van der Waals surface area contributed by atoms with Crippen molar-refractivity contribution in [2.75, 3.05) is 0 Å². The van der Waals surface area contributed by atoms with Crippen LogP contribution in [-0.4, -0.2) is 39.5 Å². The summed E-state index contributed by atoms with van der Waals surface area (Å²) in [4.78, 5) is 23.9. The van der Waals surface area contributed by atoms with Crippen LogP contribution in [0.4, 0.5) is 13.2 Å². The van der Waals surface area contributed by atoms with Crippen LogP contribution in [-0.2, 0) is 11.2 Å². The van der Waals surface area contributed by atoms with Crippen molar-refractivity contribution in [1.29, 1.82) is 0 Å². The van der Waals surface area contributed by atoms with Crippen LogP contribution in [0.15, 0.2) is 60.7 Å². The monoisotopic (exact) mass is 553 g/mol. The minimum atomic E-state index is -3.34. The number of rotatable bonds is 9. The summed E-state index contributed by atoms with van der Waals surface area (Å²) in [6.45, 7) is 0. The molecule has 0 fully saturated rings. The Balaban J connectivity index is 1.83. The predicted molar refractivity (Wildman–Crippen MR) is 130 cm³/mol. The van der Waals surface area contributed by atoms with E-state index in [1.165, 1.54) is 47.0 Å². The molecule has 1 atom stereocenters. The summed E-state index contributed by atoms with van der Waals surface area (Å²) < 4.78 is 49.9. The quantitative estimate of drug-likeness (QED) is 0.231. The second kappa shape index (κ2) is 10.6. The van der Waals surface area contributed by atoms with Crippen molar-refractivity contribution < 1.29 is 42.4 Å². The molecular formula is C25H16Cl2F3NO6. The predicted octanol–water partition coefficient (Wildman–Crippen LogP) is 6.99. The Kier molecular flexibility index (Phi) is 7.51. The summed E-state index contributed by atoms with van der Waals surface area (Å²) in [5, 5.41) is 20.2. The fraction of sp³-hybridized carbons (Fsp3) is 0.120. The zero-order valence-corrected chi connectivity index (χ0v) is 20.0. The lowest BCUT2D eigenvalue weighted by Gasteiger charge is -2.13. The molecule has 0 radical (unpaired) electrons. The van der Waals surface area contributed by atoms with Gasteiger partial charge >= 0.3 is 18.4 Å². The molecule has 4 rings (SSSR count). The Morgan fingerprint density at radius 3 is 2.08 bits per heavy atom. The van der Waals surface area contributed by atoms with Gasteiger partial charge in [-0.1, -0.05) is 23.2 Å². The molecule has 3 aromatic carbocycles. The zero-order chi connectivity index (χ0) is 26.9. The van der Waals surface area contributed by atoms with Gasteiger partial charge in [-0.25, -0.2) is 13.6 Å². The Morgan fingerprint density at radius 1 is 0.865 bits per heavy atom. The van der Waals surface area contributed by atoms with Crippen LogP contribution >= 0.6 is 23.2 Å². The third-order valence-corrected chi connectivity index (χ3v) is 5.98. The highest BCUT2D eigenvalue weighted by atomic mass is 35.5. The average Bonchev–Trinajstić information content (AvgIpc) is 3.14. The fourth-order valence-electron chi connectivity index (χ4n) is 3.76. The second-order valence-corrected chi connectivity index (χ2v) is 8.50. The molecule has 192 valence electrons. The minimum absolute atomic E-state index is 0.0497. The van der Waals surface area contributed by atoms with Crippen LogP contribution in [0.25, 0.3) is 16.6 Å². The molecule has 2 N–H and O–H groups in total. The standard InChI is InChI=1S/C25H16Cl2F3NO6/c26-17-7-5-15(10-18(17)27)36-14-6-8-19-16(9-14)22(25(34)35)20(11-21(32)33)31(19)12-1-3-13(4-2-12)37-24(30)23(28)29/h1-10,23-24H,11H2,(H,32,33)(H,34,35). The molecular weight excluding hydrogens is 538 g/mol. The van der Waals surface area contributed by atoms with Gasteiger partial charge in [0.25, 0.3) is 6.36 Å². The van der Waals surface area contributed by atoms with Gasteiger partial charge in [0.1, 0.15) is 17.2 Å². The minimum Gasteiger partial charge on any atom is -0.481 e. The van der Waals surface area contributed by atoms with E-state index in [2.05, 4.69) is 4.74 Å². The first-order valence-electron chi connectivity index (χ1n) is 10.5. The molecule has 1 heterocycles. The first-order valence-corrected chi connectivity index (χ1v) is 11.3. The second-order valence-electron chi connectivity index (χ2n) is 7.69. The van der Waals surface area contributed by atoms with Crippen LogP contribution in [0.5, 0.6) is 17.2 Å². The number of aromatic nitrogens is 1. The normalized spacial score (nSPS) is 12.1. The number of aliphatic carboxylic acids is 1. The molecule has 12 heteroatoms. The lowest BCUT2D eigenvalue weighted by Crippen LogP contribution is -2.19. The SMILES string of the molecule is O=C(O)Cc1c(C(=O)O)c2cc(Oc3ccc(Cl)c(Cl)c3)ccc2n1-c1ccc(OC(F)C(F)F)cc1. The summed E-state index contributed by atoms with van der Waals surface area (Å²) in [5.41, 5.74) is 0.316. The smallest absolute Gasteiger partial charge is 0.338 e. The van der Waals surface area contributed by atoms with Crippen molar-refractivity contribution in [3.8, 4) is 22.9 Å². The zero-order valence-electron chi connectivity index (χ0n) is 18.5. The lowest BCUT2D eigenvalue weighted by molar-refractivity contribution is -0.136. The fourth-order valence-corrected chi connectivity index (χ4v) is 4.05. The molecule has 0 saturated carbocycles. The van der Waals surface area contributed by atoms with E-state index in [-0.39, 0.29) is 33.2 Å². The number of benzene rings is 3. The first kappa shape index (κ1) is 26.2. The molecule has 7 nitrogen and oxygen atoms in total. The summed E-state index contributed by atoms with van der Waals surface area (Å²) in [6, 6.07) is 14.3. The number of carboxylic acid groups (broad SMARTS) is 2. The van der Waals surface area contributed by atoms with Crippen LogP contribution in [0.2, 0.25) is 10.0 Å². The molecule has 1 aromatic heterocycles. The Morgan fingerprint density at radius 2 is 1.49 bits per heavy atom. The van der Waals surface area contributed by atoms with Gasteiger partial charge in [0.2, 0.25) is 0 Å². The van der Waals surface area contributed by atoms with Gasteiger partial charge in [0.15, 0.2) is 0 Å². The highest BCUT2D eigenvalue weighted by Crippen LogP contribution is 2.36. The number of hydrogen-bond donors (Lipinski definition) is 2. The van der Waals surface area contributed by atoms with Gasteiger partial charge in [-0.05, 0) is 54.6 Å². The van der Waals surface area contributed by atoms with E-state index in [1.54, 1.807) is 18.2 Å². The molecule has 0 spiro atoms. The average molecular weight is 554 g/mol. The van der Waals surface area contributed by atoms with Crippen molar-refractivity contribution in [1.82, 2.24) is 4.57 Å². The van der Waals surface area contributed by atoms with Crippen LogP contribution in [0.3, 0.4) is 0 Å². The Bertz CT molecular complexity index is 1490. The van der Waals surface area contributed by atoms with E-state index in [4.69, 9.17) is 27.9 Å². The van der Waals surface area contributed by atoms with Crippen molar-refractivity contribution >= 4 is 46.0 Å². The lowest BCUT2D eigenvalue weighted by atomic mass is 10.1. The number of carboxylic acids is 2. The Hall–Kier alpha value is -3.89. The van der Waals surface area contributed by atoms with Gasteiger partial charge in [0.05, 0.1) is 27.5 Å². The molecule has 4 aromatic rings. The molecule has 0 aliphatic rings. The third-order valence-electron chi connectivity index (χ3n) is 5.24. The molecule has 37 heavy (non-hydrogen) atoms. The number of carbonyl (C=O) groups is 2. The maximum atomic E-state index is 13.2.